The van der Waals surface area contributed by atoms with Crippen LogP contribution in [-0.4, -0.2) is 70.0 Å². The van der Waals surface area contributed by atoms with Crippen molar-refractivity contribution < 1.29 is 31.8 Å². The normalized spacial score (nSPS) is 26.0. The number of rotatable bonds is 3. The van der Waals surface area contributed by atoms with Gasteiger partial charge < -0.3 is 30.7 Å². The van der Waals surface area contributed by atoms with Crippen LogP contribution in [0.5, 0.6) is 5.88 Å². The van der Waals surface area contributed by atoms with Crippen molar-refractivity contribution in [1.29, 1.82) is 0 Å². The average Bonchev–Trinajstić information content (AvgIpc) is 3.02. The maximum atomic E-state index is 16.6. The topological polar surface area (TPSA) is 113 Å². The van der Waals surface area contributed by atoms with Crippen LogP contribution in [0.15, 0.2) is 6.07 Å². The third-order valence-electron chi connectivity index (χ3n) is 8.64. The summed E-state index contributed by atoms with van der Waals surface area (Å²) in [5, 5.41) is 13.6. The molecule has 41 heavy (non-hydrogen) atoms. The number of piperazine rings is 1. The Hall–Kier alpha value is -3.52. The number of alkyl halides is 3. The molecule has 0 radical (unpaired) electrons. The second kappa shape index (κ2) is 9.24. The molecule has 1 aromatic carbocycles. The highest BCUT2D eigenvalue weighted by molar-refractivity contribution is 5.98. The van der Waals surface area contributed by atoms with Gasteiger partial charge in [0.15, 0.2) is 5.82 Å². The van der Waals surface area contributed by atoms with E-state index in [1.807, 2.05) is 18.7 Å². The number of nitrogens with two attached hydrogens (primary N) is 1. The van der Waals surface area contributed by atoms with Gasteiger partial charge in [-0.1, -0.05) is 0 Å². The first-order valence-electron chi connectivity index (χ1n) is 13.4. The van der Waals surface area contributed by atoms with Crippen molar-refractivity contribution in [3.05, 3.63) is 28.8 Å². The lowest BCUT2D eigenvalue weighted by Gasteiger charge is -2.50. The molecule has 14 heteroatoms. The average molecular weight is 580 g/mol. The van der Waals surface area contributed by atoms with Crippen molar-refractivity contribution in [1.82, 2.24) is 20.3 Å². The maximum absolute atomic E-state index is 16.6. The van der Waals surface area contributed by atoms with Crippen LogP contribution >= 0.6 is 0 Å². The molecule has 2 saturated heterocycles. The Labute approximate surface area is 232 Å². The van der Waals surface area contributed by atoms with Crippen LogP contribution in [0.4, 0.5) is 39.4 Å². The Morgan fingerprint density at radius 3 is 2.54 bits per heavy atom. The summed E-state index contributed by atoms with van der Waals surface area (Å²) in [5.74, 6) is -2.04. The molecule has 0 bridgehead atoms. The molecule has 2 aromatic heterocycles. The lowest BCUT2D eigenvalue weighted by molar-refractivity contribution is -0.137. The monoisotopic (exact) mass is 579 g/mol. The van der Waals surface area contributed by atoms with E-state index < -0.39 is 57.5 Å². The van der Waals surface area contributed by atoms with Crippen molar-refractivity contribution in [2.45, 2.75) is 64.0 Å². The number of hydrogen-bond donors (Lipinski definition) is 3. The number of benzene rings is 1. The third kappa shape index (κ3) is 4.05. The number of hydrogen-bond acceptors (Lipinski definition) is 9. The fourth-order valence-electron chi connectivity index (χ4n) is 6.29. The number of fused-ring (bicyclic) bond motifs is 2. The first-order chi connectivity index (χ1) is 19.3. The number of pyridine rings is 1. The minimum atomic E-state index is -5.04. The largest absolute Gasteiger partial charge is 0.472 e. The maximum Gasteiger partial charge on any atom is 0.417 e. The molecular weight excluding hydrogens is 549 g/mol. The molecule has 3 aliphatic heterocycles. The quantitative estimate of drug-likeness (QED) is 0.315. The van der Waals surface area contributed by atoms with Crippen LogP contribution in [0.3, 0.4) is 0 Å². The van der Waals surface area contributed by atoms with Crippen LogP contribution in [-0.2, 0) is 6.18 Å². The predicted molar refractivity (Wildman–Crippen MR) is 143 cm³/mol. The van der Waals surface area contributed by atoms with E-state index in [9.17, 15) is 22.7 Å². The van der Waals surface area contributed by atoms with Crippen molar-refractivity contribution in [2.75, 3.05) is 41.8 Å². The molecule has 0 aliphatic carbocycles. The van der Waals surface area contributed by atoms with E-state index in [0.717, 1.165) is 13.0 Å². The van der Waals surface area contributed by atoms with Crippen molar-refractivity contribution in [3.63, 3.8) is 0 Å². The van der Waals surface area contributed by atoms with Crippen LogP contribution in [0.25, 0.3) is 22.2 Å². The van der Waals surface area contributed by atoms with Crippen LogP contribution in [0.2, 0.25) is 0 Å². The van der Waals surface area contributed by atoms with E-state index in [-0.39, 0.29) is 41.4 Å². The van der Waals surface area contributed by atoms with Crippen molar-refractivity contribution >= 4 is 28.4 Å². The highest BCUT2D eigenvalue weighted by Crippen LogP contribution is 2.47. The summed E-state index contributed by atoms with van der Waals surface area (Å²) in [6.07, 6.45) is -4.92. The van der Waals surface area contributed by atoms with Gasteiger partial charge in [-0.3, -0.25) is 0 Å². The highest BCUT2D eigenvalue weighted by Gasteiger charge is 2.45. The van der Waals surface area contributed by atoms with Crippen LogP contribution in [0.1, 0.15) is 38.3 Å². The molecule has 4 N–H and O–H groups in total. The summed E-state index contributed by atoms with van der Waals surface area (Å²) in [6.45, 7) is 7.94. The van der Waals surface area contributed by atoms with E-state index in [0.29, 0.717) is 31.9 Å². The van der Waals surface area contributed by atoms with Gasteiger partial charge in [-0.2, -0.15) is 18.2 Å². The molecule has 220 valence electrons. The molecule has 5 heterocycles. The summed E-state index contributed by atoms with van der Waals surface area (Å²) in [7, 11) is 0. The fraction of sp³-hybridized carbons (Fsp3) is 0.519. The van der Waals surface area contributed by atoms with Crippen molar-refractivity contribution in [3.8, 4) is 17.1 Å². The first-order valence-corrected chi connectivity index (χ1v) is 13.4. The Morgan fingerprint density at radius 2 is 1.90 bits per heavy atom. The second-order valence-corrected chi connectivity index (χ2v) is 11.3. The predicted octanol–water partition coefficient (Wildman–Crippen LogP) is 3.79. The lowest BCUT2D eigenvalue weighted by Crippen LogP contribution is -2.62. The molecule has 4 atom stereocenters. The molecule has 9 nitrogen and oxygen atoms in total. The number of nitrogens with zero attached hydrogens (tertiary/aromatic N) is 5. The van der Waals surface area contributed by atoms with E-state index in [1.165, 1.54) is 0 Å². The lowest BCUT2D eigenvalue weighted by atomic mass is 9.88. The summed E-state index contributed by atoms with van der Waals surface area (Å²) >= 11 is 0. The van der Waals surface area contributed by atoms with E-state index in [2.05, 4.69) is 15.3 Å². The smallest absolute Gasteiger partial charge is 0.417 e. The van der Waals surface area contributed by atoms with E-state index >= 15 is 4.39 Å². The van der Waals surface area contributed by atoms with Gasteiger partial charge in [-0.05, 0) is 45.7 Å². The summed E-state index contributed by atoms with van der Waals surface area (Å²) in [5.41, 5.74) is 0.586. The molecule has 2 fully saturated rings. The van der Waals surface area contributed by atoms with E-state index in [4.69, 9.17) is 15.5 Å². The highest BCUT2D eigenvalue weighted by atomic mass is 19.4. The van der Waals surface area contributed by atoms with Gasteiger partial charge in [0.2, 0.25) is 11.8 Å². The number of halogens is 5. The number of aromatic nitrogens is 3. The third-order valence-corrected chi connectivity index (χ3v) is 8.64. The van der Waals surface area contributed by atoms with Gasteiger partial charge in [0.1, 0.15) is 34.3 Å². The van der Waals surface area contributed by atoms with Gasteiger partial charge in [-0.25, -0.2) is 18.7 Å². The molecule has 0 spiro atoms. The molecule has 0 amide bonds. The first kappa shape index (κ1) is 27.6. The number of aliphatic hydroxyl groups excluding tert-OH is 1. The Kier molecular flexibility index (Phi) is 6.23. The molecule has 3 aliphatic rings. The standard InChI is InChI=1S/C27H30F5N7O2/c1-11-17(27(30,31)32)14(9-15(33)18(11)28)20-19(29)21-16-23(37-25(36-21)39-7-5-26(39,4)10-40)38-8-6-34-12(2)22(38)13(3)41-24(16)35-20/h9,12-13,22,34,40H,5-8,10,33H2,1-4H3/t12-,13?,22?,26?/m0/s1. The minimum absolute atomic E-state index is 0.0751. The SMILES string of the molecule is Cc1c(F)c(N)cc(-c2nc3c4c(nc(N5CCC5(C)CO)nc4c2F)N2CCN[C@@H](C)C2C(C)O3)c1C(F)(F)F. The molecule has 3 unspecified atom stereocenters. The fourth-order valence-corrected chi connectivity index (χ4v) is 6.29. The van der Waals surface area contributed by atoms with Crippen LogP contribution in [0, 0.1) is 18.6 Å². The zero-order valence-corrected chi connectivity index (χ0v) is 22.9. The summed E-state index contributed by atoms with van der Waals surface area (Å²) < 4.78 is 80.2. The Morgan fingerprint density at radius 1 is 1.17 bits per heavy atom. The van der Waals surface area contributed by atoms with Crippen molar-refractivity contribution in [2.24, 2.45) is 0 Å². The van der Waals surface area contributed by atoms with Gasteiger partial charge in [0.25, 0.3) is 0 Å². The number of nitrogens with one attached hydrogen (secondary N) is 1. The molecule has 3 aromatic rings. The molecular formula is C27H30F5N7O2. The van der Waals surface area contributed by atoms with Gasteiger partial charge in [0.05, 0.1) is 29.4 Å². The minimum Gasteiger partial charge on any atom is -0.472 e. The van der Waals surface area contributed by atoms with E-state index in [1.54, 1.807) is 11.8 Å². The number of nitrogen functional groups attached to an aromatic ring is 1. The van der Waals surface area contributed by atoms with Gasteiger partial charge in [-0.15, -0.1) is 0 Å². The number of aliphatic hydroxyl groups is 1. The number of ether oxygens (including phenoxy) is 1. The zero-order valence-electron chi connectivity index (χ0n) is 22.9. The second-order valence-electron chi connectivity index (χ2n) is 11.3. The number of anilines is 3. The molecule has 6 rings (SSSR count). The molecule has 0 saturated carbocycles. The summed E-state index contributed by atoms with van der Waals surface area (Å²) in [6, 6.07) is 0.394. The van der Waals surface area contributed by atoms with Gasteiger partial charge >= 0.3 is 6.18 Å². The Bertz CT molecular complexity index is 1560. The van der Waals surface area contributed by atoms with Gasteiger partial charge in [0, 0.05) is 31.2 Å². The Balaban J connectivity index is 1.69. The van der Waals surface area contributed by atoms with Crippen LogP contribution < -0.4 is 25.6 Å². The summed E-state index contributed by atoms with van der Waals surface area (Å²) in [4.78, 5) is 17.3. The zero-order chi connectivity index (χ0) is 29.6.